The van der Waals surface area contributed by atoms with Crippen molar-refractivity contribution in [2.24, 2.45) is 5.92 Å². The molecule has 0 bridgehead atoms. The van der Waals surface area contributed by atoms with Crippen molar-refractivity contribution in [1.29, 1.82) is 0 Å². The number of hydrogen-bond donors (Lipinski definition) is 0. The van der Waals surface area contributed by atoms with Crippen molar-refractivity contribution in [2.45, 2.75) is 26.2 Å². The zero-order valence-corrected chi connectivity index (χ0v) is 19.2. The van der Waals surface area contributed by atoms with Crippen molar-refractivity contribution < 1.29 is 9.47 Å². The van der Waals surface area contributed by atoms with Gasteiger partial charge >= 0.3 is 0 Å². The fourth-order valence-corrected chi connectivity index (χ4v) is 5.83. The van der Waals surface area contributed by atoms with Crippen LogP contribution in [0.2, 0.25) is 0 Å². The van der Waals surface area contributed by atoms with E-state index in [4.69, 9.17) is 14.5 Å². The molecule has 6 nitrogen and oxygen atoms in total. The Morgan fingerprint density at radius 2 is 1.84 bits per heavy atom. The third-order valence-electron chi connectivity index (χ3n) is 6.48. The highest BCUT2D eigenvalue weighted by Crippen LogP contribution is 2.40. The van der Waals surface area contributed by atoms with Gasteiger partial charge in [-0.2, -0.15) is 0 Å². The molecule has 2 aliphatic rings. The van der Waals surface area contributed by atoms with Gasteiger partial charge in [-0.1, -0.05) is 6.92 Å². The Kier molecular flexibility index (Phi) is 5.96. The van der Waals surface area contributed by atoms with Crippen LogP contribution in [0, 0.1) is 5.92 Å². The highest BCUT2D eigenvalue weighted by atomic mass is 32.1. The van der Waals surface area contributed by atoms with E-state index in [2.05, 4.69) is 21.7 Å². The van der Waals surface area contributed by atoms with Gasteiger partial charge < -0.3 is 14.4 Å². The molecule has 1 atom stereocenters. The number of aromatic nitrogens is 2. The molecule has 1 saturated heterocycles. The minimum absolute atomic E-state index is 0.694. The fraction of sp³-hybridized carbons (Fsp3) is 0.500. The standard InChI is InChI=1S/C24H30N4O2S/c1-17-3-8-21-20(15-17)22-23(25-16-26-24(22)31-21)28-11-9-27(10-12-28)13-14-30-19-6-4-18(29-2)5-7-19/h4-7,16-17H,3,8-15H2,1-2H3. The van der Waals surface area contributed by atoms with Crippen molar-refractivity contribution in [2.75, 3.05) is 51.3 Å². The molecule has 7 heteroatoms. The number of benzene rings is 1. The summed E-state index contributed by atoms with van der Waals surface area (Å²) in [6, 6.07) is 7.78. The van der Waals surface area contributed by atoms with Gasteiger partial charge in [0.25, 0.3) is 0 Å². The number of methoxy groups -OCH3 is 1. The first-order valence-corrected chi connectivity index (χ1v) is 12.0. The predicted molar refractivity (Wildman–Crippen MR) is 126 cm³/mol. The van der Waals surface area contributed by atoms with Crippen molar-refractivity contribution >= 4 is 27.4 Å². The molecule has 1 fully saturated rings. The van der Waals surface area contributed by atoms with Gasteiger partial charge in [0.2, 0.25) is 0 Å². The Morgan fingerprint density at radius 3 is 2.61 bits per heavy atom. The summed E-state index contributed by atoms with van der Waals surface area (Å²) in [4.78, 5) is 17.0. The molecular weight excluding hydrogens is 408 g/mol. The number of aryl methyl sites for hydroxylation is 1. The summed E-state index contributed by atoms with van der Waals surface area (Å²) in [6.45, 7) is 8.04. The van der Waals surface area contributed by atoms with Crippen LogP contribution in [0.5, 0.6) is 11.5 Å². The summed E-state index contributed by atoms with van der Waals surface area (Å²) in [5.74, 6) is 3.63. The average Bonchev–Trinajstić information content (AvgIpc) is 3.18. The Balaban J connectivity index is 1.20. The molecule has 1 aromatic carbocycles. The molecule has 0 radical (unpaired) electrons. The maximum Gasteiger partial charge on any atom is 0.141 e. The second kappa shape index (κ2) is 9.01. The topological polar surface area (TPSA) is 50.7 Å². The van der Waals surface area contributed by atoms with E-state index in [0.717, 1.165) is 56.0 Å². The SMILES string of the molecule is COc1ccc(OCCN2CCN(c3ncnc4sc5c(c34)CC(C)CC5)CC2)cc1. The van der Waals surface area contributed by atoms with Gasteiger partial charge in [-0.15, -0.1) is 11.3 Å². The normalized spacial score (nSPS) is 19.4. The van der Waals surface area contributed by atoms with Crippen molar-refractivity contribution in [1.82, 2.24) is 14.9 Å². The lowest BCUT2D eigenvalue weighted by atomic mass is 9.88. The molecule has 0 N–H and O–H groups in total. The minimum atomic E-state index is 0.694. The first-order chi connectivity index (χ1) is 15.2. The van der Waals surface area contributed by atoms with Gasteiger partial charge in [-0.3, -0.25) is 4.90 Å². The number of thiophene rings is 1. The van der Waals surface area contributed by atoms with Crippen LogP contribution in [-0.4, -0.2) is 61.3 Å². The quantitative estimate of drug-likeness (QED) is 0.579. The lowest BCUT2D eigenvalue weighted by Gasteiger charge is -2.35. The van der Waals surface area contributed by atoms with Crippen molar-refractivity contribution in [3.63, 3.8) is 0 Å². The number of piperazine rings is 1. The van der Waals surface area contributed by atoms with Crippen LogP contribution in [0.15, 0.2) is 30.6 Å². The Morgan fingerprint density at radius 1 is 1.06 bits per heavy atom. The van der Waals surface area contributed by atoms with Crippen LogP contribution < -0.4 is 14.4 Å². The zero-order valence-electron chi connectivity index (χ0n) is 18.3. The first kappa shape index (κ1) is 20.5. The number of hydrogen-bond acceptors (Lipinski definition) is 7. The number of fused-ring (bicyclic) bond motifs is 3. The lowest BCUT2D eigenvalue weighted by Crippen LogP contribution is -2.47. The number of anilines is 1. The third-order valence-corrected chi connectivity index (χ3v) is 7.67. The van der Waals surface area contributed by atoms with Gasteiger partial charge in [0.05, 0.1) is 12.5 Å². The maximum absolute atomic E-state index is 5.91. The summed E-state index contributed by atoms with van der Waals surface area (Å²) in [6.07, 6.45) is 5.40. The average molecular weight is 439 g/mol. The third kappa shape index (κ3) is 4.34. The molecule has 3 heterocycles. The van der Waals surface area contributed by atoms with Crippen LogP contribution in [0.1, 0.15) is 23.8 Å². The summed E-state index contributed by atoms with van der Waals surface area (Å²) >= 11 is 1.88. The van der Waals surface area contributed by atoms with Crippen molar-refractivity contribution in [3.8, 4) is 11.5 Å². The Hall–Kier alpha value is -2.38. The molecule has 0 amide bonds. The second-order valence-corrected chi connectivity index (χ2v) is 9.67. The van der Waals surface area contributed by atoms with E-state index >= 15 is 0 Å². The maximum atomic E-state index is 5.91. The molecule has 31 heavy (non-hydrogen) atoms. The van der Waals surface area contributed by atoms with E-state index in [-0.39, 0.29) is 0 Å². The molecule has 1 unspecified atom stereocenters. The van der Waals surface area contributed by atoms with Crippen molar-refractivity contribution in [3.05, 3.63) is 41.0 Å². The van der Waals surface area contributed by atoms with Crippen LogP contribution >= 0.6 is 11.3 Å². The summed E-state index contributed by atoms with van der Waals surface area (Å²) in [5.41, 5.74) is 1.52. The summed E-state index contributed by atoms with van der Waals surface area (Å²) < 4.78 is 11.1. The Labute approximate surface area is 187 Å². The van der Waals surface area contributed by atoms with E-state index in [1.54, 1.807) is 13.4 Å². The molecule has 1 aliphatic carbocycles. The zero-order chi connectivity index (χ0) is 21.2. The van der Waals surface area contributed by atoms with Gasteiger partial charge in [0.15, 0.2) is 0 Å². The number of rotatable bonds is 6. The van der Waals surface area contributed by atoms with Crippen LogP contribution in [0.3, 0.4) is 0 Å². The van der Waals surface area contributed by atoms with Crippen LogP contribution in [-0.2, 0) is 12.8 Å². The van der Waals surface area contributed by atoms with Crippen LogP contribution in [0.4, 0.5) is 5.82 Å². The molecule has 0 saturated carbocycles. The largest absolute Gasteiger partial charge is 0.497 e. The summed E-state index contributed by atoms with van der Waals surface area (Å²) in [5, 5.41) is 1.32. The van der Waals surface area contributed by atoms with E-state index in [0.29, 0.717) is 6.61 Å². The van der Waals surface area contributed by atoms with Gasteiger partial charge in [0.1, 0.15) is 35.1 Å². The van der Waals surface area contributed by atoms with E-state index in [1.165, 1.54) is 39.9 Å². The molecular formula is C24H30N4O2S. The smallest absolute Gasteiger partial charge is 0.141 e. The second-order valence-electron chi connectivity index (χ2n) is 8.58. The highest BCUT2D eigenvalue weighted by Gasteiger charge is 2.26. The molecule has 3 aromatic rings. The summed E-state index contributed by atoms with van der Waals surface area (Å²) in [7, 11) is 1.68. The molecule has 2 aromatic heterocycles. The highest BCUT2D eigenvalue weighted by molar-refractivity contribution is 7.19. The van der Waals surface area contributed by atoms with Crippen LogP contribution in [0.25, 0.3) is 10.2 Å². The molecule has 1 aliphatic heterocycles. The number of nitrogens with zero attached hydrogens (tertiary/aromatic N) is 4. The molecule has 0 spiro atoms. The fourth-order valence-electron chi connectivity index (χ4n) is 4.65. The Bertz CT molecular complexity index is 1030. The van der Waals surface area contributed by atoms with E-state index < -0.39 is 0 Å². The monoisotopic (exact) mass is 438 g/mol. The number of ether oxygens (including phenoxy) is 2. The first-order valence-electron chi connectivity index (χ1n) is 11.2. The van der Waals surface area contributed by atoms with E-state index in [1.807, 2.05) is 35.6 Å². The van der Waals surface area contributed by atoms with Gasteiger partial charge in [-0.25, -0.2) is 9.97 Å². The predicted octanol–water partition coefficient (Wildman–Crippen LogP) is 4.03. The van der Waals surface area contributed by atoms with Gasteiger partial charge in [-0.05, 0) is 55.0 Å². The van der Waals surface area contributed by atoms with E-state index in [9.17, 15) is 0 Å². The minimum Gasteiger partial charge on any atom is -0.497 e. The molecule has 164 valence electrons. The van der Waals surface area contributed by atoms with Gasteiger partial charge in [0, 0.05) is 37.6 Å². The molecule has 5 rings (SSSR count). The lowest BCUT2D eigenvalue weighted by molar-refractivity contribution is 0.200.